The van der Waals surface area contributed by atoms with Crippen LogP contribution in [0.25, 0.3) is 0 Å². The van der Waals surface area contributed by atoms with Gasteiger partial charge in [0.2, 0.25) is 17.2 Å². The highest BCUT2D eigenvalue weighted by molar-refractivity contribution is 6.28. The van der Waals surface area contributed by atoms with Gasteiger partial charge in [-0.1, -0.05) is 13.8 Å². The van der Waals surface area contributed by atoms with E-state index in [9.17, 15) is 0 Å². The summed E-state index contributed by atoms with van der Waals surface area (Å²) in [7, 11) is 5.70. The molecule has 0 fully saturated rings. The van der Waals surface area contributed by atoms with E-state index in [2.05, 4.69) is 28.8 Å². The van der Waals surface area contributed by atoms with Crippen molar-refractivity contribution in [2.75, 3.05) is 37.5 Å². The number of hydrogen-bond donors (Lipinski definition) is 0. The summed E-state index contributed by atoms with van der Waals surface area (Å²) < 4.78 is 0. The lowest BCUT2D eigenvalue weighted by Gasteiger charge is -2.20. The van der Waals surface area contributed by atoms with Crippen molar-refractivity contribution in [1.29, 1.82) is 0 Å². The second-order valence-corrected chi connectivity index (χ2v) is 4.71. The Labute approximate surface area is 101 Å². The van der Waals surface area contributed by atoms with Crippen molar-refractivity contribution in [3.63, 3.8) is 0 Å². The molecule has 1 heterocycles. The lowest BCUT2D eigenvalue weighted by molar-refractivity contribution is 0.628. The number of nitrogens with zero attached hydrogens (tertiary/aromatic N) is 5. The van der Waals surface area contributed by atoms with E-state index in [1.807, 2.05) is 26.0 Å². The van der Waals surface area contributed by atoms with Gasteiger partial charge in [0.1, 0.15) is 0 Å². The van der Waals surface area contributed by atoms with E-state index >= 15 is 0 Å². The van der Waals surface area contributed by atoms with Crippen molar-refractivity contribution in [2.45, 2.75) is 13.8 Å². The fourth-order valence-corrected chi connectivity index (χ4v) is 1.48. The van der Waals surface area contributed by atoms with Gasteiger partial charge in [-0.25, -0.2) is 0 Å². The van der Waals surface area contributed by atoms with Gasteiger partial charge in [-0.3, -0.25) is 0 Å². The average Bonchev–Trinajstić information content (AvgIpc) is 2.15. The Hall–Kier alpha value is -1.10. The molecule has 0 amide bonds. The molecular formula is C10H18ClN5. The molecule has 0 N–H and O–H groups in total. The predicted molar refractivity (Wildman–Crippen MR) is 67.3 cm³/mol. The van der Waals surface area contributed by atoms with Gasteiger partial charge < -0.3 is 9.80 Å². The van der Waals surface area contributed by atoms with E-state index in [0.29, 0.717) is 17.8 Å². The Morgan fingerprint density at radius 3 is 2.12 bits per heavy atom. The highest BCUT2D eigenvalue weighted by atomic mass is 35.5. The van der Waals surface area contributed by atoms with E-state index in [1.54, 1.807) is 4.90 Å². The third kappa shape index (κ3) is 3.48. The lowest BCUT2D eigenvalue weighted by atomic mass is 10.2. The summed E-state index contributed by atoms with van der Waals surface area (Å²) >= 11 is 5.86. The molecule has 16 heavy (non-hydrogen) atoms. The fraction of sp³-hybridized carbons (Fsp3) is 0.700. The Morgan fingerprint density at radius 2 is 1.62 bits per heavy atom. The molecule has 0 spiro atoms. The number of aromatic nitrogens is 3. The molecule has 0 saturated heterocycles. The molecule has 1 aromatic rings. The minimum atomic E-state index is 0.226. The molecule has 0 aliphatic carbocycles. The third-order valence-electron chi connectivity index (χ3n) is 1.96. The zero-order valence-electron chi connectivity index (χ0n) is 10.4. The van der Waals surface area contributed by atoms with Crippen LogP contribution in [0.5, 0.6) is 0 Å². The first-order valence-corrected chi connectivity index (χ1v) is 5.58. The van der Waals surface area contributed by atoms with Crippen LogP contribution in [0.15, 0.2) is 0 Å². The first kappa shape index (κ1) is 13.0. The number of halogens is 1. The molecule has 0 aliphatic rings. The highest BCUT2D eigenvalue weighted by Crippen LogP contribution is 2.14. The smallest absolute Gasteiger partial charge is 0.231 e. The summed E-state index contributed by atoms with van der Waals surface area (Å²) in [6.07, 6.45) is 0. The maximum atomic E-state index is 5.86. The van der Waals surface area contributed by atoms with Crippen LogP contribution >= 0.6 is 11.6 Å². The molecule has 0 radical (unpaired) electrons. The minimum Gasteiger partial charge on any atom is -0.347 e. The Bertz CT molecular complexity index is 353. The maximum Gasteiger partial charge on any atom is 0.231 e. The summed E-state index contributed by atoms with van der Waals surface area (Å²) in [5, 5.41) is 0.226. The van der Waals surface area contributed by atoms with Crippen molar-refractivity contribution in [3.8, 4) is 0 Å². The molecule has 0 aromatic carbocycles. The molecule has 0 aliphatic heterocycles. The molecular weight excluding hydrogens is 226 g/mol. The van der Waals surface area contributed by atoms with E-state index in [1.165, 1.54) is 0 Å². The Kier molecular flexibility index (Phi) is 4.29. The van der Waals surface area contributed by atoms with Crippen molar-refractivity contribution in [3.05, 3.63) is 5.28 Å². The third-order valence-corrected chi connectivity index (χ3v) is 2.13. The monoisotopic (exact) mass is 243 g/mol. The molecule has 0 atom stereocenters. The average molecular weight is 244 g/mol. The molecule has 1 aromatic heterocycles. The molecule has 0 bridgehead atoms. The quantitative estimate of drug-likeness (QED) is 0.805. The van der Waals surface area contributed by atoms with Crippen molar-refractivity contribution in [1.82, 2.24) is 15.0 Å². The second-order valence-electron chi connectivity index (χ2n) is 4.37. The van der Waals surface area contributed by atoms with Gasteiger partial charge in [0.05, 0.1) is 0 Å². The number of anilines is 2. The highest BCUT2D eigenvalue weighted by Gasteiger charge is 2.11. The van der Waals surface area contributed by atoms with Crippen LogP contribution in [0.1, 0.15) is 13.8 Å². The van der Waals surface area contributed by atoms with Gasteiger partial charge in [0.15, 0.2) is 0 Å². The summed E-state index contributed by atoms with van der Waals surface area (Å²) in [6, 6.07) is 0. The van der Waals surface area contributed by atoms with Crippen LogP contribution in [-0.2, 0) is 0 Å². The van der Waals surface area contributed by atoms with Gasteiger partial charge in [0, 0.05) is 27.7 Å². The van der Waals surface area contributed by atoms with Crippen molar-refractivity contribution >= 4 is 23.5 Å². The van der Waals surface area contributed by atoms with E-state index in [-0.39, 0.29) is 5.28 Å². The summed E-state index contributed by atoms with van der Waals surface area (Å²) in [6.45, 7) is 5.17. The first-order valence-electron chi connectivity index (χ1n) is 5.20. The van der Waals surface area contributed by atoms with Gasteiger partial charge in [0.25, 0.3) is 0 Å². The topological polar surface area (TPSA) is 45.2 Å². The summed E-state index contributed by atoms with van der Waals surface area (Å²) in [5.41, 5.74) is 0. The van der Waals surface area contributed by atoms with Crippen LogP contribution < -0.4 is 9.80 Å². The normalized spacial score (nSPS) is 10.7. The number of rotatable bonds is 4. The van der Waals surface area contributed by atoms with Crippen LogP contribution in [0.2, 0.25) is 5.28 Å². The van der Waals surface area contributed by atoms with Gasteiger partial charge >= 0.3 is 0 Å². The zero-order valence-corrected chi connectivity index (χ0v) is 11.2. The fourth-order valence-electron chi connectivity index (χ4n) is 1.33. The molecule has 6 heteroatoms. The van der Waals surface area contributed by atoms with Crippen molar-refractivity contribution in [2.24, 2.45) is 5.92 Å². The summed E-state index contributed by atoms with van der Waals surface area (Å²) in [4.78, 5) is 16.3. The molecule has 90 valence electrons. The number of hydrogen-bond acceptors (Lipinski definition) is 5. The second kappa shape index (κ2) is 5.30. The van der Waals surface area contributed by atoms with Crippen LogP contribution in [-0.4, -0.2) is 42.6 Å². The predicted octanol–water partition coefficient (Wildman–Crippen LogP) is 1.68. The molecule has 0 unspecified atom stereocenters. The summed E-state index contributed by atoms with van der Waals surface area (Å²) in [5.74, 6) is 1.73. The standard InChI is InChI=1S/C10H18ClN5/c1-7(2)6-16(5)10-13-8(11)12-9(14-10)15(3)4/h7H,6H2,1-5H3. The van der Waals surface area contributed by atoms with Gasteiger partial charge in [-0.05, 0) is 17.5 Å². The largest absolute Gasteiger partial charge is 0.347 e. The molecule has 1 rings (SSSR count). The van der Waals surface area contributed by atoms with E-state index in [0.717, 1.165) is 6.54 Å². The maximum absolute atomic E-state index is 5.86. The van der Waals surface area contributed by atoms with Crippen LogP contribution in [0.4, 0.5) is 11.9 Å². The molecule has 0 saturated carbocycles. The zero-order chi connectivity index (χ0) is 12.3. The van der Waals surface area contributed by atoms with Crippen LogP contribution in [0.3, 0.4) is 0 Å². The SMILES string of the molecule is CC(C)CN(C)c1nc(Cl)nc(N(C)C)n1. The first-order chi connectivity index (χ1) is 7.40. The van der Waals surface area contributed by atoms with Gasteiger partial charge in [-0.2, -0.15) is 15.0 Å². The lowest BCUT2D eigenvalue weighted by Crippen LogP contribution is -2.26. The minimum absolute atomic E-state index is 0.226. The van der Waals surface area contributed by atoms with E-state index in [4.69, 9.17) is 11.6 Å². The Morgan fingerprint density at radius 1 is 1.06 bits per heavy atom. The van der Waals surface area contributed by atoms with E-state index < -0.39 is 0 Å². The van der Waals surface area contributed by atoms with Gasteiger partial charge in [-0.15, -0.1) is 0 Å². The molecule has 5 nitrogen and oxygen atoms in total. The van der Waals surface area contributed by atoms with Crippen LogP contribution in [0, 0.1) is 5.92 Å². The Balaban J connectivity index is 2.95. The van der Waals surface area contributed by atoms with Crippen molar-refractivity contribution < 1.29 is 0 Å².